The summed E-state index contributed by atoms with van der Waals surface area (Å²) < 4.78 is 22.0. The molecule has 0 saturated carbocycles. The standard InChI is InChI=1S/2C46H28N4O/c1-2-13-31(14-3-1)49-38-20-7-4-16-34(38)37-27-29(24-25-40(37)49)33-19-11-22-41-43(33)35-17-5-8-21-39(35)50(41)32-15-10-12-30(26-32)44-46-45(48-28-47-44)36-18-6-9-23-42(36)51-46;1-2-11-31(12-3-1)49-38-17-7-4-13-34(38)37-27-30(23-26-40(37)49)33-16-10-19-41-43(33)35-14-5-8-18-39(35)50(41)32-24-21-29(22-25-32)44-46-45(48-28-47-44)36-15-6-9-20-42(36)51-46/h2*1-28H. The molecule has 22 aromatic rings. The minimum atomic E-state index is 0.698. The molecule has 0 radical (unpaired) electrons. The van der Waals surface area contributed by atoms with Gasteiger partial charge in [0.2, 0.25) is 0 Å². The quantitative estimate of drug-likeness (QED) is 0.150. The number of rotatable bonds is 8. The van der Waals surface area contributed by atoms with Gasteiger partial charge in [0, 0.05) is 87.7 Å². The summed E-state index contributed by atoms with van der Waals surface area (Å²) in [7, 11) is 0. The second-order valence-electron chi connectivity index (χ2n) is 26.0. The maximum Gasteiger partial charge on any atom is 0.180 e. The van der Waals surface area contributed by atoms with Crippen molar-refractivity contribution >= 4 is 131 Å². The molecule has 102 heavy (non-hydrogen) atoms. The summed E-state index contributed by atoms with van der Waals surface area (Å²) in [5, 5.41) is 11.9. The van der Waals surface area contributed by atoms with Gasteiger partial charge in [0.25, 0.3) is 0 Å². The first-order valence-electron chi connectivity index (χ1n) is 34.3. The van der Waals surface area contributed by atoms with Crippen LogP contribution in [0, 0.1) is 0 Å². The lowest BCUT2D eigenvalue weighted by Gasteiger charge is -2.11. The first-order chi connectivity index (χ1) is 50.6. The van der Waals surface area contributed by atoms with Gasteiger partial charge in [0.1, 0.15) is 46.2 Å². The van der Waals surface area contributed by atoms with Crippen molar-refractivity contribution in [3.05, 3.63) is 340 Å². The Bertz CT molecular complexity index is 7130. The van der Waals surface area contributed by atoms with E-state index in [1.54, 1.807) is 12.7 Å². The fourth-order valence-electron chi connectivity index (χ4n) is 16.1. The van der Waals surface area contributed by atoms with Crippen molar-refractivity contribution in [3.63, 3.8) is 0 Å². The molecule has 0 fully saturated rings. The lowest BCUT2D eigenvalue weighted by atomic mass is 9.98. The van der Waals surface area contributed by atoms with E-state index in [1.165, 1.54) is 87.4 Å². The summed E-state index contributed by atoms with van der Waals surface area (Å²) in [5.41, 5.74) is 26.9. The highest BCUT2D eigenvalue weighted by atomic mass is 16.3. The Hall–Kier alpha value is -14.0. The van der Waals surface area contributed by atoms with Crippen LogP contribution in [0.15, 0.2) is 349 Å². The summed E-state index contributed by atoms with van der Waals surface area (Å²) in [6.45, 7) is 0. The van der Waals surface area contributed by atoms with E-state index in [-0.39, 0.29) is 0 Å². The highest BCUT2D eigenvalue weighted by Gasteiger charge is 2.23. The molecule has 14 aromatic carbocycles. The molecule has 0 aliphatic carbocycles. The monoisotopic (exact) mass is 1300 g/mol. The number of fused-ring (bicyclic) bond motifs is 18. The van der Waals surface area contributed by atoms with E-state index in [0.29, 0.717) is 11.2 Å². The molecule has 0 unspecified atom stereocenters. The van der Waals surface area contributed by atoms with Crippen molar-refractivity contribution in [1.82, 2.24) is 38.2 Å². The van der Waals surface area contributed by atoms with Crippen LogP contribution < -0.4 is 0 Å². The highest BCUT2D eigenvalue weighted by Crippen LogP contribution is 2.45. The van der Waals surface area contributed by atoms with Crippen LogP contribution in [0.5, 0.6) is 0 Å². The molecule has 0 saturated heterocycles. The third-order valence-corrected chi connectivity index (χ3v) is 20.5. The van der Waals surface area contributed by atoms with Crippen LogP contribution >= 0.6 is 0 Å². The molecule has 10 heteroatoms. The zero-order valence-corrected chi connectivity index (χ0v) is 54.7. The average molecular weight is 1310 g/mol. The van der Waals surface area contributed by atoms with Crippen molar-refractivity contribution in [1.29, 1.82) is 0 Å². The lowest BCUT2D eigenvalue weighted by molar-refractivity contribution is 0.667. The number of hydrogen-bond acceptors (Lipinski definition) is 6. The van der Waals surface area contributed by atoms with Crippen molar-refractivity contribution in [2.75, 3.05) is 0 Å². The highest BCUT2D eigenvalue weighted by molar-refractivity contribution is 6.20. The smallest absolute Gasteiger partial charge is 0.180 e. The van der Waals surface area contributed by atoms with Crippen molar-refractivity contribution in [2.45, 2.75) is 0 Å². The fourth-order valence-corrected chi connectivity index (χ4v) is 16.1. The summed E-state index contributed by atoms with van der Waals surface area (Å²) in [6.07, 6.45) is 3.26. The Morgan fingerprint density at radius 3 is 1.07 bits per heavy atom. The number of furan rings is 2. The number of aromatic nitrogens is 8. The topological polar surface area (TPSA) is 97.6 Å². The van der Waals surface area contributed by atoms with Crippen LogP contribution in [0.2, 0.25) is 0 Å². The molecular formula is C92H56N8O2. The second-order valence-corrected chi connectivity index (χ2v) is 26.0. The van der Waals surface area contributed by atoms with Crippen LogP contribution in [-0.2, 0) is 0 Å². The van der Waals surface area contributed by atoms with Gasteiger partial charge in [-0.05, 0) is 156 Å². The molecule has 0 aliphatic heterocycles. The van der Waals surface area contributed by atoms with Gasteiger partial charge in [0.05, 0.1) is 44.1 Å². The minimum absolute atomic E-state index is 0.698. The van der Waals surface area contributed by atoms with Crippen molar-refractivity contribution in [2.24, 2.45) is 0 Å². The molecule has 0 N–H and O–H groups in total. The molecule has 10 nitrogen and oxygen atoms in total. The van der Waals surface area contributed by atoms with Gasteiger partial charge in [-0.3, -0.25) is 0 Å². The molecule has 0 bridgehead atoms. The molecule has 8 aromatic heterocycles. The maximum atomic E-state index is 6.32. The van der Waals surface area contributed by atoms with Crippen molar-refractivity contribution in [3.8, 4) is 67.5 Å². The largest absolute Gasteiger partial charge is 0.452 e. The van der Waals surface area contributed by atoms with Gasteiger partial charge in [-0.2, -0.15) is 0 Å². The molecule has 22 rings (SSSR count). The minimum Gasteiger partial charge on any atom is -0.452 e. The number of hydrogen-bond donors (Lipinski definition) is 0. The second kappa shape index (κ2) is 22.8. The number of nitrogens with zero attached hydrogens (tertiary/aromatic N) is 8. The van der Waals surface area contributed by atoms with E-state index < -0.39 is 0 Å². The van der Waals surface area contributed by atoms with E-state index in [0.717, 1.165) is 100 Å². The maximum absolute atomic E-state index is 6.32. The van der Waals surface area contributed by atoms with Crippen LogP contribution in [0.25, 0.3) is 199 Å². The van der Waals surface area contributed by atoms with Crippen LogP contribution in [0.3, 0.4) is 0 Å². The van der Waals surface area contributed by atoms with Crippen LogP contribution in [-0.4, -0.2) is 38.2 Å². The van der Waals surface area contributed by atoms with E-state index in [4.69, 9.17) is 13.8 Å². The first kappa shape index (κ1) is 57.1. The first-order valence-corrected chi connectivity index (χ1v) is 34.3. The predicted molar refractivity (Wildman–Crippen MR) is 418 cm³/mol. The molecule has 0 amide bonds. The Kier molecular flexibility index (Phi) is 12.8. The van der Waals surface area contributed by atoms with E-state index >= 15 is 0 Å². The molecular weight excluding hydrogens is 1250 g/mol. The zero-order chi connectivity index (χ0) is 66.9. The predicted octanol–water partition coefficient (Wildman–Crippen LogP) is 23.8. The van der Waals surface area contributed by atoms with Crippen LogP contribution in [0.1, 0.15) is 0 Å². The van der Waals surface area contributed by atoms with Crippen molar-refractivity contribution < 1.29 is 8.83 Å². The van der Waals surface area contributed by atoms with Gasteiger partial charge in [-0.15, -0.1) is 0 Å². The molecule has 0 aliphatic rings. The lowest BCUT2D eigenvalue weighted by Crippen LogP contribution is -1.95. The number of benzene rings is 14. The summed E-state index contributed by atoms with van der Waals surface area (Å²) in [5.74, 6) is 0. The summed E-state index contributed by atoms with van der Waals surface area (Å²) >= 11 is 0. The van der Waals surface area contributed by atoms with Crippen LogP contribution in [0.4, 0.5) is 0 Å². The van der Waals surface area contributed by atoms with E-state index in [1.807, 2.05) is 48.5 Å². The fraction of sp³-hybridized carbons (Fsp3) is 0. The average Bonchev–Trinajstić information content (AvgIpc) is 1.57. The van der Waals surface area contributed by atoms with Gasteiger partial charge < -0.3 is 27.1 Å². The summed E-state index contributed by atoms with van der Waals surface area (Å²) in [4.78, 5) is 18.5. The van der Waals surface area contributed by atoms with E-state index in [2.05, 4.69) is 312 Å². The third kappa shape index (κ3) is 8.79. The van der Waals surface area contributed by atoms with E-state index in [9.17, 15) is 0 Å². The molecule has 0 atom stereocenters. The summed E-state index contributed by atoms with van der Waals surface area (Å²) in [6, 6.07) is 116. The zero-order valence-electron chi connectivity index (χ0n) is 54.7. The normalized spacial score (nSPS) is 11.9. The Balaban J connectivity index is 0.000000133. The number of para-hydroxylation sites is 8. The van der Waals surface area contributed by atoms with Gasteiger partial charge in [-0.25, -0.2) is 19.9 Å². The van der Waals surface area contributed by atoms with Gasteiger partial charge in [-0.1, -0.05) is 194 Å². The molecule has 476 valence electrons. The van der Waals surface area contributed by atoms with Gasteiger partial charge >= 0.3 is 0 Å². The van der Waals surface area contributed by atoms with Gasteiger partial charge in [0.15, 0.2) is 11.2 Å². The Labute approximate surface area is 582 Å². The molecule has 0 spiro atoms. The molecule has 8 heterocycles. The Morgan fingerprint density at radius 1 is 0.216 bits per heavy atom. The third-order valence-electron chi connectivity index (χ3n) is 20.5. The SMILES string of the molecule is c1ccc(-n2c3ccccc3c3cc(-c4cccc5c4c4ccccc4n5-c4ccc(-c5ncnc6c5oc5ccccc56)cc4)ccc32)cc1.c1ccc(-n2c3ccccc3c3cc(-c4cccc5c4c4ccccc4n5-c4cccc(-c5ncnc6c5oc5ccccc56)c4)ccc32)cc1. The Morgan fingerprint density at radius 2 is 0.569 bits per heavy atom.